The molecular formula is C21H26N2O3S2. The molecule has 0 N–H and O–H groups in total. The summed E-state index contributed by atoms with van der Waals surface area (Å²) in [7, 11) is 3.63. The van der Waals surface area contributed by atoms with E-state index in [4.69, 9.17) is 9.47 Å². The maximum atomic E-state index is 11.9. The average Bonchev–Trinajstić information content (AvgIpc) is 3.13. The first kappa shape index (κ1) is 19.9. The highest BCUT2D eigenvalue weighted by molar-refractivity contribution is 8.01. The molecule has 7 heteroatoms. The van der Waals surface area contributed by atoms with Gasteiger partial charge >= 0.3 is 0 Å². The van der Waals surface area contributed by atoms with Crippen LogP contribution in [0.5, 0.6) is 0 Å². The van der Waals surface area contributed by atoms with Crippen LogP contribution >= 0.6 is 23.1 Å². The Morgan fingerprint density at radius 3 is 2.89 bits per heavy atom. The second-order valence-corrected chi connectivity index (χ2v) is 10.4. The van der Waals surface area contributed by atoms with E-state index in [1.807, 2.05) is 19.3 Å². The molecule has 2 aromatic rings. The fourth-order valence-corrected chi connectivity index (χ4v) is 6.33. The SMILES string of the molecule is COC1(c2cnc(Sc3ccc4c(c3)CCC(=O)N4C)s2)CCOC(C)(C)C1. The quantitative estimate of drug-likeness (QED) is 0.724. The van der Waals surface area contributed by atoms with E-state index < -0.39 is 0 Å². The number of aromatic nitrogens is 1. The number of rotatable bonds is 4. The number of benzene rings is 1. The summed E-state index contributed by atoms with van der Waals surface area (Å²) in [6.45, 7) is 4.93. The lowest BCUT2D eigenvalue weighted by atomic mass is 9.83. The van der Waals surface area contributed by atoms with Gasteiger partial charge in [0.25, 0.3) is 0 Å². The zero-order valence-electron chi connectivity index (χ0n) is 16.8. The fourth-order valence-electron chi connectivity index (χ4n) is 4.12. The van der Waals surface area contributed by atoms with Crippen LogP contribution < -0.4 is 4.90 Å². The van der Waals surface area contributed by atoms with Crippen LogP contribution in [0.2, 0.25) is 0 Å². The molecule has 150 valence electrons. The van der Waals surface area contributed by atoms with E-state index in [2.05, 4.69) is 31.0 Å². The van der Waals surface area contributed by atoms with Crippen molar-refractivity contribution in [2.75, 3.05) is 25.7 Å². The van der Waals surface area contributed by atoms with Gasteiger partial charge in [-0.05, 0) is 44.0 Å². The number of nitrogens with zero attached hydrogens (tertiary/aromatic N) is 2. The predicted octanol–water partition coefficient (Wildman–Crippen LogP) is 4.63. The predicted molar refractivity (Wildman–Crippen MR) is 112 cm³/mol. The Balaban J connectivity index is 1.55. The van der Waals surface area contributed by atoms with Crippen molar-refractivity contribution in [2.24, 2.45) is 0 Å². The minimum absolute atomic E-state index is 0.182. The highest BCUT2D eigenvalue weighted by Crippen LogP contribution is 2.46. The number of hydrogen-bond donors (Lipinski definition) is 0. The van der Waals surface area contributed by atoms with Crippen LogP contribution in [0, 0.1) is 0 Å². The molecular weight excluding hydrogens is 392 g/mol. The van der Waals surface area contributed by atoms with Gasteiger partial charge in [-0.2, -0.15) is 0 Å². The minimum Gasteiger partial charge on any atom is -0.375 e. The first-order chi connectivity index (χ1) is 13.3. The third-order valence-electron chi connectivity index (χ3n) is 5.63. The fraction of sp³-hybridized carbons (Fsp3) is 0.524. The molecule has 2 aliphatic heterocycles. The molecule has 2 aliphatic rings. The van der Waals surface area contributed by atoms with Crippen molar-refractivity contribution >= 4 is 34.7 Å². The number of fused-ring (bicyclic) bond motifs is 1. The average molecular weight is 419 g/mol. The van der Waals surface area contributed by atoms with Gasteiger partial charge in [-0.1, -0.05) is 11.8 Å². The van der Waals surface area contributed by atoms with Crippen LogP contribution in [0.15, 0.2) is 33.6 Å². The molecule has 0 aliphatic carbocycles. The highest BCUT2D eigenvalue weighted by atomic mass is 32.2. The molecule has 1 unspecified atom stereocenters. The Morgan fingerprint density at radius 1 is 1.32 bits per heavy atom. The molecule has 1 fully saturated rings. The molecule has 0 saturated carbocycles. The zero-order valence-corrected chi connectivity index (χ0v) is 18.4. The summed E-state index contributed by atoms with van der Waals surface area (Å²) in [5, 5.41) is 0. The second-order valence-electron chi connectivity index (χ2n) is 8.07. The molecule has 0 spiro atoms. The van der Waals surface area contributed by atoms with Crippen molar-refractivity contribution in [3.05, 3.63) is 34.8 Å². The van der Waals surface area contributed by atoms with Gasteiger partial charge in [0, 0.05) is 50.2 Å². The molecule has 3 heterocycles. The van der Waals surface area contributed by atoms with E-state index in [0.717, 1.165) is 39.1 Å². The van der Waals surface area contributed by atoms with Crippen molar-refractivity contribution < 1.29 is 14.3 Å². The summed E-state index contributed by atoms with van der Waals surface area (Å²) in [4.78, 5) is 20.6. The Kier molecular flexibility index (Phi) is 5.29. The summed E-state index contributed by atoms with van der Waals surface area (Å²) in [5.74, 6) is 0.182. The Bertz CT molecular complexity index is 896. The van der Waals surface area contributed by atoms with E-state index in [1.54, 1.807) is 35.1 Å². The Hall–Kier alpha value is -1.41. The summed E-state index contributed by atoms with van der Waals surface area (Å²) in [5.41, 5.74) is 1.72. The number of thiazole rings is 1. The van der Waals surface area contributed by atoms with Crippen molar-refractivity contribution in [2.45, 2.75) is 60.0 Å². The second kappa shape index (κ2) is 7.44. The van der Waals surface area contributed by atoms with E-state index >= 15 is 0 Å². The third-order valence-corrected chi connectivity index (χ3v) is 7.88. The van der Waals surface area contributed by atoms with Gasteiger partial charge in [-0.3, -0.25) is 4.79 Å². The topological polar surface area (TPSA) is 51.7 Å². The number of ether oxygens (including phenoxy) is 2. The van der Waals surface area contributed by atoms with Gasteiger partial charge in [0.05, 0.1) is 17.1 Å². The van der Waals surface area contributed by atoms with E-state index in [1.165, 1.54) is 5.56 Å². The number of methoxy groups -OCH3 is 1. The standard InChI is InChI=1S/C21H26N2O3S2/c1-20(2)13-21(25-4,9-10-26-20)17-12-22-19(28-17)27-15-6-7-16-14(11-15)5-8-18(24)23(16)3/h6-7,11-12H,5,8-10,13H2,1-4H3. The van der Waals surface area contributed by atoms with Crippen molar-refractivity contribution in [3.8, 4) is 0 Å². The van der Waals surface area contributed by atoms with E-state index in [-0.39, 0.29) is 17.1 Å². The molecule has 1 saturated heterocycles. The van der Waals surface area contributed by atoms with E-state index in [0.29, 0.717) is 13.0 Å². The summed E-state index contributed by atoms with van der Waals surface area (Å²) < 4.78 is 12.9. The number of carbonyl (C=O) groups is 1. The minimum atomic E-state index is -0.322. The van der Waals surface area contributed by atoms with Crippen molar-refractivity contribution in [1.82, 2.24) is 4.98 Å². The van der Waals surface area contributed by atoms with Crippen LogP contribution in [-0.4, -0.2) is 37.3 Å². The van der Waals surface area contributed by atoms with Gasteiger partial charge in [-0.15, -0.1) is 11.3 Å². The maximum absolute atomic E-state index is 11.9. The lowest BCUT2D eigenvalue weighted by Gasteiger charge is -2.43. The smallest absolute Gasteiger partial charge is 0.227 e. The number of anilines is 1. The van der Waals surface area contributed by atoms with Crippen LogP contribution in [0.25, 0.3) is 0 Å². The number of hydrogen-bond acceptors (Lipinski definition) is 6. The molecule has 28 heavy (non-hydrogen) atoms. The van der Waals surface area contributed by atoms with Gasteiger partial charge in [0.15, 0.2) is 4.34 Å². The molecule has 4 rings (SSSR count). The van der Waals surface area contributed by atoms with Gasteiger partial charge in [0.1, 0.15) is 5.60 Å². The summed E-state index contributed by atoms with van der Waals surface area (Å²) >= 11 is 3.38. The molecule has 1 aromatic heterocycles. The first-order valence-corrected chi connectivity index (χ1v) is 11.2. The number of carbonyl (C=O) groups excluding carboxylic acids is 1. The van der Waals surface area contributed by atoms with Crippen LogP contribution in [0.4, 0.5) is 5.69 Å². The summed E-state index contributed by atoms with van der Waals surface area (Å²) in [6, 6.07) is 6.30. The Morgan fingerprint density at radius 2 is 2.14 bits per heavy atom. The van der Waals surface area contributed by atoms with Crippen LogP contribution in [-0.2, 0) is 26.3 Å². The van der Waals surface area contributed by atoms with E-state index in [9.17, 15) is 4.79 Å². The monoisotopic (exact) mass is 418 g/mol. The summed E-state index contributed by atoms with van der Waals surface area (Å²) in [6.07, 6.45) is 5.01. The molecule has 0 radical (unpaired) electrons. The van der Waals surface area contributed by atoms with Crippen molar-refractivity contribution in [1.29, 1.82) is 0 Å². The van der Waals surface area contributed by atoms with Gasteiger partial charge < -0.3 is 14.4 Å². The Labute approximate surface area is 174 Å². The number of amides is 1. The van der Waals surface area contributed by atoms with Gasteiger partial charge in [0.2, 0.25) is 5.91 Å². The van der Waals surface area contributed by atoms with Gasteiger partial charge in [-0.25, -0.2) is 4.98 Å². The normalized spacial score (nSPS) is 24.3. The zero-order chi connectivity index (χ0) is 19.9. The highest BCUT2D eigenvalue weighted by Gasteiger charge is 2.43. The van der Waals surface area contributed by atoms with Crippen LogP contribution in [0.3, 0.4) is 0 Å². The molecule has 5 nitrogen and oxygen atoms in total. The first-order valence-electron chi connectivity index (χ1n) is 9.55. The molecule has 1 atom stereocenters. The number of aryl methyl sites for hydroxylation is 1. The maximum Gasteiger partial charge on any atom is 0.227 e. The van der Waals surface area contributed by atoms with Crippen molar-refractivity contribution in [3.63, 3.8) is 0 Å². The van der Waals surface area contributed by atoms with Crippen LogP contribution in [0.1, 0.15) is 43.6 Å². The lowest BCUT2D eigenvalue weighted by Crippen LogP contribution is -2.44. The molecule has 0 bridgehead atoms. The lowest BCUT2D eigenvalue weighted by molar-refractivity contribution is -0.161. The third kappa shape index (κ3) is 3.73. The molecule has 1 amide bonds. The molecule has 1 aromatic carbocycles. The largest absolute Gasteiger partial charge is 0.375 e.